The molecule has 3 heterocycles. The van der Waals surface area contributed by atoms with E-state index in [0.717, 1.165) is 48.4 Å². The molecule has 5 rings (SSSR count). The zero-order valence-electron chi connectivity index (χ0n) is 18.3. The largest absolute Gasteiger partial charge is 0.361 e. The number of piperidine rings is 1. The van der Waals surface area contributed by atoms with Crippen LogP contribution in [0.3, 0.4) is 0 Å². The van der Waals surface area contributed by atoms with Crippen LogP contribution in [0.15, 0.2) is 66.9 Å². The van der Waals surface area contributed by atoms with Crippen molar-refractivity contribution in [1.82, 2.24) is 20.5 Å². The van der Waals surface area contributed by atoms with Crippen LogP contribution in [-0.4, -0.2) is 40.7 Å². The van der Waals surface area contributed by atoms with E-state index in [1.807, 2.05) is 54.7 Å². The Kier molecular flexibility index (Phi) is 6.26. The van der Waals surface area contributed by atoms with Crippen molar-refractivity contribution in [3.05, 3.63) is 77.4 Å². The van der Waals surface area contributed by atoms with Crippen molar-refractivity contribution in [1.29, 1.82) is 0 Å². The summed E-state index contributed by atoms with van der Waals surface area (Å²) in [5.74, 6) is 0.883. The first-order chi connectivity index (χ1) is 16.2. The van der Waals surface area contributed by atoms with Gasteiger partial charge in [-0.05, 0) is 55.2 Å². The van der Waals surface area contributed by atoms with Gasteiger partial charge in [-0.1, -0.05) is 41.9 Å². The van der Waals surface area contributed by atoms with E-state index in [-0.39, 0.29) is 11.8 Å². The molecule has 1 unspecified atom stereocenters. The second-order valence-corrected chi connectivity index (χ2v) is 8.91. The summed E-state index contributed by atoms with van der Waals surface area (Å²) in [6.07, 6.45) is 4.70. The summed E-state index contributed by atoms with van der Waals surface area (Å²) in [5, 5.41) is 13.9. The molecule has 1 fully saturated rings. The molecule has 0 bridgehead atoms. The van der Waals surface area contributed by atoms with Crippen LogP contribution >= 0.6 is 11.6 Å². The third-order valence-corrected chi connectivity index (χ3v) is 6.53. The number of hydrogen-bond acceptors (Lipinski definition) is 4. The van der Waals surface area contributed by atoms with Crippen LogP contribution in [0.1, 0.15) is 18.4 Å². The highest BCUT2D eigenvalue weighted by atomic mass is 35.5. The third-order valence-electron chi connectivity index (χ3n) is 6.28. The van der Waals surface area contributed by atoms with Gasteiger partial charge in [0, 0.05) is 47.3 Å². The molecule has 2 N–H and O–H groups in total. The van der Waals surface area contributed by atoms with E-state index in [1.165, 1.54) is 10.9 Å². The van der Waals surface area contributed by atoms with Crippen molar-refractivity contribution in [3.63, 3.8) is 0 Å². The third kappa shape index (κ3) is 4.86. The number of amides is 1. The smallest absolute Gasteiger partial charge is 0.224 e. The van der Waals surface area contributed by atoms with Crippen LogP contribution in [-0.2, 0) is 11.2 Å². The number of fused-ring (bicyclic) bond motifs is 1. The zero-order chi connectivity index (χ0) is 22.6. The Hall–Kier alpha value is -3.38. The molecule has 1 atom stereocenters. The number of H-pyrrole nitrogens is 1. The molecule has 7 heteroatoms. The Balaban J connectivity index is 1.17. The van der Waals surface area contributed by atoms with E-state index in [4.69, 9.17) is 11.6 Å². The molecule has 1 aliphatic rings. The fourth-order valence-corrected chi connectivity index (χ4v) is 4.60. The second-order valence-electron chi connectivity index (χ2n) is 8.47. The molecule has 0 aliphatic carbocycles. The predicted molar refractivity (Wildman–Crippen MR) is 132 cm³/mol. The summed E-state index contributed by atoms with van der Waals surface area (Å²) in [6, 6.07) is 19.8. The van der Waals surface area contributed by atoms with Gasteiger partial charge in [-0.15, -0.1) is 10.2 Å². The number of aromatic amines is 1. The van der Waals surface area contributed by atoms with E-state index in [0.29, 0.717) is 18.1 Å². The van der Waals surface area contributed by atoms with Crippen LogP contribution in [0.4, 0.5) is 5.82 Å². The molecule has 0 spiro atoms. The van der Waals surface area contributed by atoms with Crippen molar-refractivity contribution in [3.8, 4) is 11.3 Å². The van der Waals surface area contributed by atoms with E-state index in [9.17, 15) is 4.79 Å². The van der Waals surface area contributed by atoms with Crippen molar-refractivity contribution in [2.45, 2.75) is 19.3 Å². The summed E-state index contributed by atoms with van der Waals surface area (Å²) in [7, 11) is 0. The Morgan fingerprint density at radius 2 is 1.94 bits per heavy atom. The van der Waals surface area contributed by atoms with Gasteiger partial charge < -0.3 is 15.2 Å². The van der Waals surface area contributed by atoms with Crippen LogP contribution in [0.2, 0.25) is 5.02 Å². The maximum absolute atomic E-state index is 12.8. The fourth-order valence-electron chi connectivity index (χ4n) is 4.47. The number of halogens is 1. The average Bonchev–Trinajstić information content (AvgIpc) is 3.28. The lowest BCUT2D eigenvalue weighted by atomic mass is 9.97. The Morgan fingerprint density at radius 3 is 2.76 bits per heavy atom. The van der Waals surface area contributed by atoms with Gasteiger partial charge >= 0.3 is 0 Å². The molecule has 0 radical (unpaired) electrons. The lowest BCUT2D eigenvalue weighted by Gasteiger charge is -2.32. The molecule has 0 saturated carbocycles. The van der Waals surface area contributed by atoms with Gasteiger partial charge in [0.05, 0.1) is 11.6 Å². The monoisotopic (exact) mass is 459 g/mol. The summed E-state index contributed by atoms with van der Waals surface area (Å²) in [6.45, 7) is 2.18. The molecule has 1 aliphatic heterocycles. The minimum Gasteiger partial charge on any atom is -0.361 e. The van der Waals surface area contributed by atoms with Crippen molar-refractivity contribution < 1.29 is 4.79 Å². The Morgan fingerprint density at radius 1 is 1.09 bits per heavy atom. The van der Waals surface area contributed by atoms with Gasteiger partial charge in [0.1, 0.15) is 0 Å². The van der Waals surface area contributed by atoms with E-state index in [1.54, 1.807) is 0 Å². The summed E-state index contributed by atoms with van der Waals surface area (Å²) in [4.78, 5) is 18.3. The lowest BCUT2D eigenvalue weighted by Crippen LogP contribution is -2.43. The molecule has 2 aromatic carbocycles. The number of carbonyl (C=O) groups is 1. The Labute approximate surface area is 198 Å². The second kappa shape index (κ2) is 9.63. The highest BCUT2D eigenvalue weighted by Crippen LogP contribution is 2.24. The number of para-hydroxylation sites is 1. The average molecular weight is 460 g/mol. The van der Waals surface area contributed by atoms with Gasteiger partial charge in [-0.3, -0.25) is 4.79 Å². The number of rotatable bonds is 6. The number of nitrogens with zero attached hydrogens (tertiary/aromatic N) is 3. The summed E-state index contributed by atoms with van der Waals surface area (Å²) >= 11 is 5.97. The molecule has 33 heavy (non-hydrogen) atoms. The number of aromatic nitrogens is 3. The van der Waals surface area contributed by atoms with Gasteiger partial charge in [0.15, 0.2) is 5.82 Å². The molecule has 1 amide bonds. The minimum atomic E-state index is -0.0422. The molecular weight excluding hydrogens is 434 g/mol. The van der Waals surface area contributed by atoms with E-state index >= 15 is 0 Å². The van der Waals surface area contributed by atoms with Crippen molar-refractivity contribution in [2.75, 3.05) is 24.5 Å². The number of anilines is 1. The van der Waals surface area contributed by atoms with Crippen LogP contribution in [0, 0.1) is 5.92 Å². The van der Waals surface area contributed by atoms with Crippen molar-refractivity contribution >= 4 is 34.2 Å². The van der Waals surface area contributed by atoms with Crippen molar-refractivity contribution in [2.24, 2.45) is 5.92 Å². The molecule has 4 aromatic rings. The van der Waals surface area contributed by atoms with Gasteiger partial charge in [-0.25, -0.2) is 0 Å². The summed E-state index contributed by atoms with van der Waals surface area (Å²) < 4.78 is 0. The topological polar surface area (TPSA) is 73.9 Å². The zero-order valence-corrected chi connectivity index (χ0v) is 19.1. The van der Waals surface area contributed by atoms with E-state index in [2.05, 4.69) is 37.5 Å². The van der Waals surface area contributed by atoms with Gasteiger partial charge in [0.25, 0.3) is 0 Å². The summed E-state index contributed by atoms with van der Waals surface area (Å²) in [5.41, 5.74) is 4.14. The lowest BCUT2D eigenvalue weighted by molar-refractivity contribution is -0.125. The maximum Gasteiger partial charge on any atom is 0.224 e. The van der Waals surface area contributed by atoms with Crippen LogP contribution in [0.5, 0.6) is 0 Å². The first-order valence-corrected chi connectivity index (χ1v) is 11.7. The molecule has 1 saturated heterocycles. The normalized spacial score (nSPS) is 16.2. The SMILES string of the molecule is O=C(NCCc1c[nH]c2ccccc12)C1CCCN(c2ccc(-c3ccc(Cl)cc3)nn2)C1. The van der Waals surface area contributed by atoms with Crippen LogP contribution < -0.4 is 10.2 Å². The highest BCUT2D eigenvalue weighted by molar-refractivity contribution is 6.30. The molecule has 2 aromatic heterocycles. The molecular formula is C26H26ClN5O. The number of nitrogens with one attached hydrogen (secondary N) is 2. The quantitative estimate of drug-likeness (QED) is 0.432. The number of hydrogen-bond donors (Lipinski definition) is 2. The maximum atomic E-state index is 12.8. The Bertz CT molecular complexity index is 1240. The van der Waals surface area contributed by atoms with Crippen LogP contribution in [0.25, 0.3) is 22.2 Å². The first kappa shape index (κ1) is 21.5. The highest BCUT2D eigenvalue weighted by Gasteiger charge is 2.26. The molecule has 168 valence electrons. The molecule has 6 nitrogen and oxygen atoms in total. The predicted octanol–water partition coefficient (Wildman–Crippen LogP) is 4.85. The van der Waals surface area contributed by atoms with E-state index < -0.39 is 0 Å². The number of benzene rings is 2. The van der Waals surface area contributed by atoms with Gasteiger partial charge in [0.2, 0.25) is 5.91 Å². The fraction of sp³-hybridized carbons (Fsp3) is 0.269. The number of carbonyl (C=O) groups excluding carboxylic acids is 1. The standard InChI is InChI=1S/C26H26ClN5O/c27-21-9-7-18(8-10-21)23-11-12-25(31-30-23)32-15-3-4-20(17-32)26(33)28-14-13-19-16-29-24-6-2-1-5-22(19)24/h1-2,5-12,16,20,29H,3-4,13-15,17H2,(H,28,33). The first-order valence-electron chi connectivity index (χ1n) is 11.3. The minimum absolute atomic E-state index is 0.0422. The van der Waals surface area contributed by atoms with Gasteiger partial charge in [-0.2, -0.15) is 0 Å².